The molecular formula is C30H33N3O3. The molecule has 1 amide bonds. The van der Waals surface area contributed by atoms with Crippen molar-refractivity contribution in [2.45, 2.75) is 44.4 Å². The molecule has 0 aliphatic carbocycles. The molecule has 2 N–H and O–H groups in total. The molecule has 0 radical (unpaired) electrons. The van der Waals surface area contributed by atoms with Gasteiger partial charge in [-0.05, 0) is 66.3 Å². The number of benzene rings is 2. The second kappa shape index (κ2) is 10.9. The molecule has 5 rings (SSSR count). The fraction of sp³-hybridized carbons (Fsp3) is 0.367. The number of hydrogen-bond acceptors (Lipinski definition) is 4. The first-order valence-electron chi connectivity index (χ1n) is 13.0. The highest BCUT2D eigenvalue weighted by Gasteiger charge is 2.33. The van der Waals surface area contributed by atoms with Crippen molar-refractivity contribution in [3.05, 3.63) is 83.6 Å². The Bertz CT molecular complexity index is 1230. The van der Waals surface area contributed by atoms with Gasteiger partial charge in [0.25, 0.3) is 0 Å². The predicted molar refractivity (Wildman–Crippen MR) is 141 cm³/mol. The maximum absolute atomic E-state index is 13.6. The zero-order valence-electron chi connectivity index (χ0n) is 20.5. The van der Waals surface area contributed by atoms with Gasteiger partial charge in [-0.15, -0.1) is 0 Å². The molecule has 1 saturated heterocycles. The minimum Gasteiger partial charge on any atom is -0.481 e. The number of likely N-dealkylation sites (tertiary alicyclic amines) is 1. The summed E-state index contributed by atoms with van der Waals surface area (Å²) >= 11 is 0. The first kappa shape index (κ1) is 24.0. The Morgan fingerprint density at radius 2 is 1.89 bits per heavy atom. The molecule has 3 aromatic rings. The summed E-state index contributed by atoms with van der Waals surface area (Å²) in [5.41, 5.74) is 5.19. The number of aromatic nitrogens is 1. The van der Waals surface area contributed by atoms with Crippen LogP contribution in [0.5, 0.6) is 0 Å². The monoisotopic (exact) mass is 483 g/mol. The van der Waals surface area contributed by atoms with E-state index in [2.05, 4.69) is 17.4 Å². The fourth-order valence-corrected chi connectivity index (χ4v) is 5.44. The lowest BCUT2D eigenvalue weighted by Gasteiger charge is -2.23. The van der Waals surface area contributed by atoms with Crippen LogP contribution in [0.2, 0.25) is 0 Å². The lowest BCUT2D eigenvalue weighted by molar-refractivity contribution is -0.141. The topological polar surface area (TPSA) is 82.5 Å². The van der Waals surface area contributed by atoms with Gasteiger partial charge in [-0.2, -0.15) is 0 Å². The van der Waals surface area contributed by atoms with Gasteiger partial charge in [-0.1, -0.05) is 60.7 Å². The number of anilines is 1. The van der Waals surface area contributed by atoms with E-state index < -0.39 is 11.9 Å². The lowest BCUT2D eigenvalue weighted by Crippen LogP contribution is -2.34. The number of carbonyl (C=O) groups is 2. The summed E-state index contributed by atoms with van der Waals surface area (Å²) in [6, 6.07) is 22.0. The first-order chi connectivity index (χ1) is 17.6. The molecule has 186 valence electrons. The molecule has 1 fully saturated rings. The van der Waals surface area contributed by atoms with Crippen LogP contribution >= 0.6 is 0 Å². The molecule has 0 bridgehead atoms. The molecule has 2 aliphatic rings. The number of aliphatic carboxylic acids is 1. The number of hydrogen-bond donors (Lipinski definition) is 2. The number of rotatable bonds is 8. The Kier molecular flexibility index (Phi) is 7.31. The summed E-state index contributed by atoms with van der Waals surface area (Å²) in [6.45, 7) is 2.34. The molecule has 2 aliphatic heterocycles. The van der Waals surface area contributed by atoms with E-state index >= 15 is 0 Å². The van der Waals surface area contributed by atoms with E-state index in [1.54, 1.807) is 0 Å². The van der Waals surface area contributed by atoms with Crippen molar-refractivity contribution in [3.8, 4) is 11.1 Å². The van der Waals surface area contributed by atoms with Gasteiger partial charge in [0.05, 0.1) is 12.3 Å². The standard InChI is InChI=1S/C30H33N3O3/c34-28(35)19-27(25-9-4-8-24(18-25)22-6-2-1-3-7-22)30(36)33-17-15-21(20-33)11-13-26-14-12-23-10-5-16-31-29(23)32-26/h1-4,6-9,12,14,18,21,27H,5,10-11,13,15-17,19-20H2,(H,31,32)(H,34,35)/t21-,27+/m1/s1. The van der Waals surface area contributed by atoms with Crippen LogP contribution in [0.4, 0.5) is 5.82 Å². The van der Waals surface area contributed by atoms with Crippen LogP contribution in [0.3, 0.4) is 0 Å². The van der Waals surface area contributed by atoms with Crippen LogP contribution in [0.25, 0.3) is 11.1 Å². The quantitative estimate of drug-likeness (QED) is 0.463. The van der Waals surface area contributed by atoms with Crippen molar-refractivity contribution in [2.24, 2.45) is 5.92 Å². The number of nitrogens with one attached hydrogen (secondary N) is 1. The van der Waals surface area contributed by atoms with Crippen LogP contribution in [-0.4, -0.2) is 46.5 Å². The Balaban J connectivity index is 1.24. The van der Waals surface area contributed by atoms with Gasteiger partial charge in [0.15, 0.2) is 0 Å². The van der Waals surface area contributed by atoms with Crippen LogP contribution in [0.15, 0.2) is 66.7 Å². The molecule has 36 heavy (non-hydrogen) atoms. The summed E-state index contributed by atoms with van der Waals surface area (Å²) in [5.74, 6) is -0.294. The number of nitrogens with zero attached hydrogens (tertiary/aromatic N) is 2. The third-order valence-corrected chi connectivity index (χ3v) is 7.43. The van der Waals surface area contributed by atoms with Gasteiger partial charge in [0.1, 0.15) is 5.82 Å². The molecule has 3 heterocycles. The van der Waals surface area contributed by atoms with Crippen LogP contribution in [0.1, 0.15) is 48.4 Å². The van der Waals surface area contributed by atoms with E-state index in [0.29, 0.717) is 19.0 Å². The molecule has 6 nitrogen and oxygen atoms in total. The van der Waals surface area contributed by atoms with E-state index in [1.807, 2.05) is 59.5 Å². The van der Waals surface area contributed by atoms with Crippen molar-refractivity contribution in [1.29, 1.82) is 0 Å². The highest BCUT2D eigenvalue weighted by Crippen LogP contribution is 2.31. The normalized spacial score (nSPS) is 17.8. The van der Waals surface area contributed by atoms with Crippen molar-refractivity contribution in [2.75, 3.05) is 25.0 Å². The first-order valence-corrected chi connectivity index (χ1v) is 13.0. The maximum Gasteiger partial charge on any atom is 0.304 e. The fourth-order valence-electron chi connectivity index (χ4n) is 5.44. The number of pyridine rings is 1. The number of aryl methyl sites for hydroxylation is 2. The molecule has 0 saturated carbocycles. The second-order valence-electron chi connectivity index (χ2n) is 9.96. The van der Waals surface area contributed by atoms with Crippen molar-refractivity contribution in [3.63, 3.8) is 0 Å². The van der Waals surface area contributed by atoms with Gasteiger partial charge in [-0.25, -0.2) is 4.98 Å². The molecule has 0 spiro atoms. The van der Waals surface area contributed by atoms with Gasteiger partial charge < -0.3 is 15.3 Å². The lowest BCUT2D eigenvalue weighted by atomic mass is 9.91. The predicted octanol–water partition coefficient (Wildman–Crippen LogP) is 5.15. The molecule has 1 aromatic heterocycles. The van der Waals surface area contributed by atoms with Crippen molar-refractivity contribution >= 4 is 17.7 Å². The number of carboxylic acid groups (broad SMARTS) is 1. The number of amides is 1. The minimum absolute atomic E-state index is 0.0822. The summed E-state index contributed by atoms with van der Waals surface area (Å²) < 4.78 is 0. The van der Waals surface area contributed by atoms with E-state index in [4.69, 9.17) is 4.98 Å². The number of carbonyl (C=O) groups excluding carboxylic acids is 1. The van der Waals surface area contributed by atoms with Crippen LogP contribution in [0, 0.1) is 5.92 Å². The maximum atomic E-state index is 13.6. The van der Waals surface area contributed by atoms with E-state index in [-0.39, 0.29) is 12.3 Å². The van der Waals surface area contributed by atoms with Gasteiger partial charge >= 0.3 is 5.97 Å². The Morgan fingerprint density at radius 1 is 1.06 bits per heavy atom. The summed E-state index contributed by atoms with van der Waals surface area (Å²) in [6.07, 6.45) is 4.84. The van der Waals surface area contributed by atoms with Gasteiger partial charge in [0, 0.05) is 25.3 Å². The number of carboxylic acids is 1. The third-order valence-electron chi connectivity index (χ3n) is 7.43. The molecule has 2 aromatic carbocycles. The average molecular weight is 484 g/mol. The highest BCUT2D eigenvalue weighted by atomic mass is 16.4. The van der Waals surface area contributed by atoms with E-state index in [1.165, 1.54) is 5.56 Å². The van der Waals surface area contributed by atoms with Crippen LogP contribution < -0.4 is 5.32 Å². The Hall–Kier alpha value is -3.67. The zero-order chi connectivity index (χ0) is 24.9. The third kappa shape index (κ3) is 5.59. The van der Waals surface area contributed by atoms with Crippen LogP contribution in [-0.2, 0) is 22.4 Å². The van der Waals surface area contributed by atoms with E-state index in [0.717, 1.165) is 66.9 Å². The van der Waals surface area contributed by atoms with Gasteiger partial charge in [-0.3, -0.25) is 9.59 Å². The Labute approximate surface area is 212 Å². The molecule has 2 atom stereocenters. The molecule has 0 unspecified atom stereocenters. The SMILES string of the molecule is O=C(O)C[C@H](C(=O)N1CC[C@@H](CCc2ccc3c(n2)NCCC3)C1)c1cccc(-c2ccccc2)c1. The summed E-state index contributed by atoms with van der Waals surface area (Å²) in [5, 5.41) is 13.0. The van der Waals surface area contributed by atoms with E-state index in [9.17, 15) is 14.7 Å². The molecular weight excluding hydrogens is 450 g/mol. The minimum atomic E-state index is -0.957. The van der Waals surface area contributed by atoms with Crippen molar-refractivity contribution < 1.29 is 14.7 Å². The number of fused-ring (bicyclic) bond motifs is 1. The average Bonchev–Trinajstić information content (AvgIpc) is 3.40. The highest BCUT2D eigenvalue weighted by molar-refractivity contribution is 5.88. The zero-order valence-corrected chi connectivity index (χ0v) is 20.5. The largest absolute Gasteiger partial charge is 0.481 e. The molecule has 6 heteroatoms. The smallest absolute Gasteiger partial charge is 0.304 e. The summed E-state index contributed by atoms with van der Waals surface area (Å²) in [7, 11) is 0. The van der Waals surface area contributed by atoms with Gasteiger partial charge in [0.2, 0.25) is 5.91 Å². The van der Waals surface area contributed by atoms with Crippen molar-refractivity contribution in [1.82, 2.24) is 9.88 Å². The second-order valence-corrected chi connectivity index (χ2v) is 9.96. The summed E-state index contributed by atoms with van der Waals surface area (Å²) in [4.78, 5) is 31.9. The Morgan fingerprint density at radius 3 is 2.72 bits per heavy atom.